The zero-order chi connectivity index (χ0) is 9.26. The van der Waals surface area contributed by atoms with Crippen molar-refractivity contribution < 1.29 is 4.79 Å². The van der Waals surface area contributed by atoms with Crippen LogP contribution in [0.2, 0.25) is 0 Å². The summed E-state index contributed by atoms with van der Waals surface area (Å²) >= 11 is 0. The van der Waals surface area contributed by atoms with Gasteiger partial charge in [-0.15, -0.1) is 0 Å². The summed E-state index contributed by atoms with van der Waals surface area (Å²) in [5.74, 6) is 0. The SMILES string of the molecule is NC(=O)n1cc2c(c1)CN=CC=C2. The van der Waals surface area contributed by atoms with Crippen molar-refractivity contribution in [2.75, 3.05) is 0 Å². The van der Waals surface area contributed by atoms with E-state index in [-0.39, 0.29) is 0 Å². The molecule has 0 saturated carbocycles. The first-order valence-electron chi connectivity index (χ1n) is 3.94. The van der Waals surface area contributed by atoms with Crippen LogP contribution in [-0.2, 0) is 6.54 Å². The molecule has 1 aromatic heterocycles. The van der Waals surface area contributed by atoms with Gasteiger partial charge in [-0.05, 0) is 17.2 Å². The highest BCUT2D eigenvalue weighted by Crippen LogP contribution is 2.15. The fourth-order valence-electron chi connectivity index (χ4n) is 1.28. The number of carbonyl (C=O) groups excluding carboxylic acids is 1. The number of aliphatic imine (C=N–C) groups is 1. The van der Waals surface area contributed by atoms with E-state index in [0.717, 1.165) is 11.1 Å². The molecule has 2 N–H and O–H groups in total. The Morgan fingerprint density at radius 1 is 1.54 bits per heavy atom. The van der Waals surface area contributed by atoms with Gasteiger partial charge in [-0.2, -0.15) is 0 Å². The van der Waals surface area contributed by atoms with Crippen LogP contribution in [0.5, 0.6) is 0 Å². The Hall–Kier alpha value is -1.84. The maximum atomic E-state index is 10.8. The monoisotopic (exact) mass is 175 g/mol. The summed E-state index contributed by atoms with van der Waals surface area (Å²) in [7, 11) is 0. The van der Waals surface area contributed by atoms with Gasteiger partial charge in [0.1, 0.15) is 0 Å². The minimum atomic E-state index is -0.467. The number of hydrogen-bond donors (Lipinski definition) is 1. The number of nitrogens with two attached hydrogens (primary N) is 1. The van der Waals surface area contributed by atoms with E-state index >= 15 is 0 Å². The number of primary amides is 1. The number of amides is 1. The topological polar surface area (TPSA) is 60.4 Å². The van der Waals surface area contributed by atoms with Crippen LogP contribution < -0.4 is 5.73 Å². The second-order valence-electron chi connectivity index (χ2n) is 2.83. The van der Waals surface area contributed by atoms with Crippen LogP contribution in [0.4, 0.5) is 4.79 Å². The third kappa shape index (κ3) is 1.38. The van der Waals surface area contributed by atoms with Crippen LogP contribution in [-0.4, -0.2) is 16.8 Å². The van der Waals surface area contributed by atoms with E-state index in [1.807, 2.05) is 12.2 Å². The lowest BCUT2D eigenvalue weighted by atomic mass is 10.2. The van der Waals surface area contributed by atoms with Gasteiger partial charge in [0.15, 0.2) is 0 Å². The molecule has 1 aromatic rings. The van der Waals surface area contributed by atoms with Crippen molar-refractivity contribution in [3.05, 3.63) is 29.6 Å². The smallest absolute Gasteiger partial charge is 0.322 e. The van der Waals surface area contributed by atoms with Crippen molar-refractivity contribution >= 4 is 18.3 Å². The largest absolute Gasteiger partial charge is 0.351 e. The molecule has 13 heavy (non-hydrogen) atoms. The van der Waals surface area contributed by atoms with Crippen molar-refractivity contribution in [1.29, 1.82) is 0 Å². The van der Waals surface area contributed by atoms with E-state index in [2.05, 4.69) is 4.99 Å². The number of allylic oxidation sites excluding steroid dienone is 1. The van der Waals surface area contributed by atoms with E-state index in [0.29, 0.717) is 6.54 Å². The Morgan fingerprint density at radius 2 is 2.38 bits per heavy atom. The molecule has 0 radical (unpaired) electrons. The third-order valence-electron chi connectivity index (χ3n) is 1.93. The first-order chi connectivity index (χ1) is 6.27. The number of rotatable bonds is 0. The summed E-state index contributed by atoms with van der Waals surface area (Å²) < 4.78 is 1.37. The minimum Gasteiger partial charge on any atom is -0.351 e. The summed E-state index contributed by atoms with van der Waals surface area (Å²) in [4.78, 5) is 14.9. The van der Waals surface area contributed by atoms with E-state index < -0.39 is 6.03 Å². The van der Waals surface area contributed by atoms with Crippen molar-refractivity contribution in [3.8, 4) is 0 Å². The molecule has 2 rings (SSSR count). The highest BCUT2D eigenvalue weighted by Gasteiger charge is 2.07. The summed E-state index contributed by atoms with van der Waals surface area (Å²) in [6, 6.07) is -0.467. The Morgan fingerprint density at radius 3 is 3.15 bits per heavy atom. The molecule has 0 saturated heterocycles. The van der Waals surface area contributed by atoms with E-state index in [4.69, 9.17) is 5.73 Å². The number of aromatic nitrogens is 1. The average Bonchev–Trinajstić information content (AvgIpc) is 2.38. The maximum absolute atomic E-state index is 10.8. The number of hydrogen-bond acceptors (Lipinski definition) is 2. The molecule has 0 aromatic carbocycles. The lowest BCUT2D eigenvalue weighted by Crippen LogP contribution is -2.17. The van der Waals surface area contributed by atoms with Crippen LogP contribution in [0.1, 0.15) is 11.1 Å². The standard InChI is InChI=1S/C9H9N3O/c10-9(13)12-5-7-2-1-3-11-4-8(7)6-12/h1-3,5-6H,4H2,(H2,10,13). The fourth-order valence-corrected chi connectivity index (χ4v) is 1.28. The molecule has 0 unspecified atom stereocenters. The zero-order valence-electron chi connectivity index (χ0n) is 6.97. The third-order valence-corrected chi connectivity index (χ3v) is 1.93. The summed E-state index contributed by atoms with van der Waals surface area (Å²) in [6.45, 7) is 0.600. The lowest BCUT2D eigenvalue weighted by Gasteiger charge is -1.91. The average molecular weight is 175 g/mol. The Balaban J connectivity index is 2.46. The summed E-state index contributed by atoms with van der Waals surface area (Å²) in [5.41, 5.74) is 7.14. The van der Waals surface area contributed by atoms with Crippen molar-refractivity contribution in [3.63, 3.8) is 0 Å². The van der Waals surface area contributed by atoms with E-state index in [1.54, 1.807) is 18.6 Å². The van der Waals surface area contributed by atoms with Crippen LogP contribution in [0.15, 0.2) is 23.5 Å². The van der Waals surface area contributed by atoms with Gasteiger partial charge in [-0.25, -0.2) is 4.79 Å². The number of nitrogens with zero attached hydrogens (tertiary/aromatic N) is 2. The molecule has 4 heteroatoms. The van der Waals surface area contributed by atoms with Gasteiger partial charge in [0, 0.05) is 18.6 Å². The van der Waals surface area contributed by atoms with Crippen molar-refractivity contribution in [1.82, 2.24) is 4.57 Å². The molecule has 1 amide bonds. The van der Waals surface area contributed by atoms with Crippen LogP contribution in [0.3, 0.4) is 0 Å². The molecule has 1 aliphatic rings. The molecule has 0 aliphatic carbocycles. The quantitative estimate of drug-likeness (QED) is 0.628. The zero-order valence-corrected chi connectivity index (χ0v) is 6.97. The fraction of sp³-hybridized carbons (Fsp3) is 0.111. The van der Waals surface area contributed by atoms with Gasteiger partial charge >= 0.3 is 6.03 Å². The normalized spacial score (nSPS) is 13.8. The Labute approximate surface area is 75.4 Å². The van der Waals surface area contributed by atoms with Crippen LogP contribution >= 0.6 is 0 Å². The van der Waals surface area contributed by atoms with Crippen LogP contribution in [0.25, 0.3) is 6.08 Å². The van der Waals surface area contributed by atoms with Gasteiger partial charge in [0.05, 0.1) is 6.54 Å². The number of fused-ring (bicyclic) bond motifs is 1. The van der Waals surface area contributed by atoms with Gasteiger partial charge in [0.25, 0.3) is 0 Å². The van der Waals surface area contributed by atoms with E-state index in [1.165, 1.54) is 4.57 Å². The first-order valence-corrected chi connectivity index (χ1v) is 3.94. The van der Waals surface area contributed by atoms with Gasteiger partial charge in [-0.3, -0.25) is 9.56 Å². The second kappa shape index (κ2) is 2.90. The number of carbonyl (C=O) groups is 1. The molecule has 0 bridgehead atoms. The molecule has 0 spiro atoms. The van der Waals surface area contributed by atoms with Crippen LogP contribution in [0, 0.1) is 0 Å². The first kappa shape index (κ1) is 7.79. The van der Waals surface area contributed by atoms with Crippen molar-refractivity contribution in [2.45, 2.75) is 6.54 Å². The molecule has 4 nitrogen and oxygen atoms in total. The van der Waals surface area contributed by atoms with E-state index in [9.17, 15) is 4.79 Å². The highest BCUT2D eigenvalue weighted by atomic mass is 16.2. The minimum absolute atomic E-state index is 0.467. The maximum Gasteiger partial charge on any atom is 0.322 e. The lowest BCUT2D eigenvalue weighted by molar-refractivity contribution is 0.250. The molecular weight excluding hydrogens is 166 g/mol. The predicted octanol–water partition coefficient (Wildman–Crippen LogP) is 1.01. The Kier molecular flexibility index (Phi) is 1.73. The molecule has 2 heterocycles. The highest BCUT2D eigenvalue weighted by molar-refractivity contribution is 5.81. The Bertz CT molecular complexity index is 401. The predicted molar refractivity (Wildman–Crippen MR) is 50.6 cm³/mol. The molecule has 0 fully saturated rings. The van der Waals surface area contributed by atoms with Gasteiger partial charge in [0.2, 0.25) is 0 Å². The second-order valence-corrected chi connectivity index (χ2v) is 2.83. The van der Waals surface area contributed by atoms with Gasteiger partial charge < -0.3 is 5.73 Å². The summed E-state index contributed by atoms with van der Waals surface area (Å²) in [5, 5.41) is 0. The van der Waals surface area contributed by atoms with Crippen molar-refractivity contribution in [2.24, 2.45) is 10.7 Å². The molecule has 0 atom stereocenters. The molecule has 1 aliphatic heterocycles. The molecule has 66 valence electrons. The summed E-state index contributed by atoms with van der Waals surface area (Å²) in [6.07, 6.45) is 8.92. The molecular formula is C9H9N3O. The van der Waals surface area contributed by atoms with Gasteiger partial charge in [-0.1, -0.05) is 6.08 Å².